The monoisotopic (exact) mass is 301 g/mol. The molecule has 0 aliphatic rings. The molecule has 116 valence electrons. The Balaban J connectivity index is 5.02. The van der Waals surface area contributed by atoms with Gasteiger partial charge < -0.3 is 20.4 Å². The van der Waals surface area contributed by atoms with Crippen molar-refractivity contribution in [3.05, 3.63) is 0 Å². The van der Waals surface area contributed by atoms with Crippen molar-refractivity contribution in [2.24, 2.45) is 0 Å². The van der Waals surface area contributed by atoms with Gasteiger partial charge in [-0.3, -0.25) is 9.45 Å². The number of hydrogen-bond donors (Lipinski definition) is 5. The van der Waals surface area contributed by atoms with Crippen LogP contribution < -0.4 is 0 Å². The maximum atomic E-state index is 10.8. The molecule has 0 radical (unpaired) electrons. The first-order valence-corrected chi connectivity index (χ1v) is 7.60. The molecule has 5 N–H and O–H groups in total. The van der Waals surface area contributed by atoms with Crippen molar-refractivity contribution in [2.75, 3.05) is 45.3 Å². The van der Waals surface area contributed by atoms with E-state index in [2.05, 4.69) is 0 Å². The van der Waals surface area contributed by atoms with Gasteiger partial charge in [-0.25, -0.2) is 0 Å². The van der Waals surface area contributed by atoms with E-state index in [1.165, 1.54) is 4.90 Å². The van der Waals surface area contributed by atoms with Gasteiger partial charge in [0.2, 0.25) is 0 Å². The molecule has 0 bridgehead atoms. The number of hydrogen-bond acceptors (Lipinski definition) is 7. The van der Waals surface area contributed by atoms with Gasteiger partial charge in [0.1, 0.15) is 0 Å². The maximum Gasteiger partial charge on any atom is 0.266 e. The van der Waals surface area contributed by atoms with Crippen molar-refractivity contribution in [1.82, 2.24) is 4.90 Å². The summed E-state index contributed by atoms with van der Waals surface area (Å²) in [6, 6.07) is 0. The number of aliphatic hydroxyl groups is 4. The molecular weight excluding hydrogens is 278 g/mol. The molecule has 0 aromatic heterocycles. The molecule has 0 rings (SSSR count). The van der Waals surface area contributed by atoms with E-state index in [4.69, 9.17) is 19.9 Å². The second-order valence-corrected chi connectivity index (χ2v) is 5.90. The fourth-order valence-corrected chi connectivity index (χ4v) is 2.50. The van der Waals surface area contributed by atoms with Crippen LogP contribution in [0.2, 0.25) is 0 Å². The molecule has 0 saturated carbocycles. The van der Waals surface area contributed by atoms with Crippen LogP contribution in [-0.2, 0) is 10.1 Å². The lowest BCUT2D eigenvalue weighted by Gasteiger charge is -2.42. The van der Waals surface area contributed by atoms with E-state index in [1.54, 1.807) is 0 Å². The minimum Gasteiger partial charge on any atom is -0.396 e. The fraction of sp³-hybridized carbons (Fsp3) is 1.00. The van der Waals surface area contributed by atoms with Gasteiger partial charge in [-0.05, 0) is 12.8 Å². The third-order valence-electron chi connectivity index (χ3n) is 3.11. The first kappa shape index (κ1) is 18.7. The highest BCUT2D eigenvalue weighted by atomic mass is 32.2. The number of β-amino-alcohol motifs (C(OH)–C–C–N with tert-alkyl or cyclic N) is 1. The predicted octanol–water partition coefficient (Wildman–Crippen LogP) is -2.34. The van der Waals surface area contributed by atoms with Gasteiger partial charge in [0.15, 0.2) is 0 Å². The highest BCUT2D eigenvalue weighted by molar-refractivity contribution is 7.85. The van der Waals surface area contributed by atoms with Crippen molar-refractivity contribution in [1.29, 1.82) is 0 Å². The van der Waals surface area contributed by atoms with Crippen molar-refractivity contribution in [3.63, 3.8) is 0 Å². The Morgan fingerprint density at radius 3 is 1.74 bits per heavy atom. The number of aliphatic hydroxyl groups excluding tert-OH is 4. The third kappa shape index (κ3) is 6.61. The van der Waals surface area contributed by atoms with Gasteiger partial charge in [-0.2, -0.15) is 8.42 Å². The lowest BCUT2D eigenvalue weighted by atomic mass is 9.90. The van der Waals surface area contributed by atoms with Crippen LogP contribution in [0.15, 0.2) is 0 Å². The minimum absolute atomic E-state index is 0.0656. The summed E-state index contributed by atoms with van der Waals surface area (Å²) in [5.74, 6) is -0.550. The molecule has 19 heavy (non-hydrogen) atoms. The van der Waals surface area contributed by atoms with Gasteiger partial charge in [-0.1, -0.05) is 0 Å². The maximum absolute atomic E-state index is 10.8. The SMILES string of the molecule is O=S(=O)(O)CCN(CCO)C(CO)(CCO)CCO. The first-order valence-electron chi connectivity index (χ1n) is 5.99. The molecule has 0 spiro atoms. The van der Waals surface area contributed by atoms with Gasteiger partial charge in [-0.15, -0.1) is 0 Å². The quantitative estimate of drug-likeness (QED) is 0.268. The Morgan fingerprint density at radius 2 is 1.42 bits per heavy atom. The Labute approximate surface area is 113 Å². The topological polar surface area (TPSA) is 139 Å². The molecule has 0 atom stereocenters. The zero-order chi connectivity index (χ0) is 14.9. The smallest absolute Gasteiger partial charge is 0.266 e. The third-order valence-corrected chi connectivity index (χ3v) is 3.81. The normalized spacial score (nSPS) is 13.2. The number of rotatable bonds is 11. The second kappa shape index (κ2) is 8.80. The standard InChI is InChI=1S/C10H23NO7S/c12-5-1-10(9-15,2-6-13)11(3-7-14)4-8-19(16,17)18/h12-15H,1-9H2,(H,16,17,18). The summed E-state index contributed by atoms with van der Waals surface area (Å²) >= 11 is 0. The van der Waals surface area contributed by atoms with E-state index in [1.807, 2.05) is 0 Å². The molecule has 0 amide bonds. The fourth-order valence-electron chi connectivity index (χ4n) is 2.05. The van der Waals surface area contributed by atoms with Gasteiger partial charge >= 0.3 is 0 Å². The molecule has 0 heterocycles. The summed E-state index contributed by atoms with van der Waals surface area (Å²) < 4.78 is 30.3. The molecule has 9 heteroatoms. The van der Waals surface area contributed by atoms with Crippen LogP contribution in [0.25, 0.3) is 0 Å². The van der Waals surface area contributed by atoms with Crippen LogP contribution in [0.1, 0.15) is 12.8 Å². The van der Waals surface area contributed by atoms with Crippen molar-refractivity contribution >= 4 is 10.1 Å². The Kier molecular flexibility index (Phi) is 8.66. The van der Waals surface area contributed by atoms with Gasteiger partial charge in [0.05, 0.1) is 19.0 Å². The average Bonchev–Trinajstić information content (AvgIpc) is 2.33. The van der Waals surface area contributed by atoms with Crippen LogP contribution in [0.4, 0.5) is 0 Å². The van der Waals surface area contributed by atoms with Crippen LogP contribution in [-0.4, -0.2) is 89.1 Å². The average molecular weight is 301 g/mol. The van der Waals surface area contributed by atoms with Crippen molar-refractivity contribution < 1.29 is 33.4 Å². The van der Waals surface area contributed by atoms with E-state index in [0.29, 0.717) is 0 Å². The van der Waals surface area contributed by atoms with Crippen LogP contribution in [0, 0.1) is 0 Å². The lowest BCUT2D eigenvalue weighted by molar-refractivity contribution is -0.0112. The first-order chi connectivity index (χ1) is 8.85. The van der Waals surface area contributed by atoms with Gasteiger partial charge in [0.25, 0.3) is 10.1 Å². The predicted molar refractivity (Wildman–Crippen MR) is 68.3 cm³/mol. The van der Waals surface area contributed by atoms with E-state index in [-0.39, 0.29) is 45.8 Å². The summed E-state index contributed by atoms with van der Waals surface area (Å²) in [6.45, 7) is -1.23. The molecule has 0 aliphatic heterocycles. The molecule has 8 nitrogen and oxygen atoms in total. The van der Waals surface area contributed by atoms with Crippen LogP contribution in [0.5, 0.6) is 0 Å². The molecule has 0 fully saturated rings. The molecule has 0 unspecified atom stereocenters. The van der Waals surface area contributed by atoms with E-state index < -0.39 is 28.0 Å². The highest BCUT2D eigenvalue weighted by Crippen LogP contribution is 2.23. The Bertz CT molecular complexity index is 327. The molecule has 0 aliphatic carbocycles. The molecule has 0 aromatic rings. The van der Waals surface area contributed by atoms with E-state index >= 15 is 0 Å². The Morgan fingerprint density at radius 1 is 0.895 bits per heavy atom. The summed E-state index contributed by atoms with van der Waals surface area (Å²) in [7, 11) is -4.17. The van der Waals surface area contributed by atoms with E-state index in [9.17, 15) is 13.5 Å². The van der Waals surface area contributed by atoms with Crippen LogP contribution >= 0.6 is 0 Å². The largest absolute Gasteiger partial charge is 0.396 e. The van der Waals surface area contributed by atoms with Crippen molar-refractivity contribution in [3.8, 4) is 0 Å². The second-order valence-electron chi connectivity index (χ2n) is 4.33. The molecule has 0 aromatic carbocycles. The van der Waals surface area contributed by atoms with Crippen molar-refractivity contribution in [2.45, 2.75) is 18.4 Å². The van der Waals surface area contributed by atoms with E-state index in [0.717, 1.165) is 0 Å². The summed E-state index contributed by atoms with van der Waals surface area (Å²) in [4.78, 5) is 1.47. The van der Waals surface area contributed by atoms with Crippen LogP contribution in [0.3, 0.4) is 0 Å². The minimum atomic E-state index is -4.17. The zero-order valence-electron chi connectivity index (χ0n) is 10.8. The zero-order valence-corrected chi connectivity index (χ0v) is 11.6. The molecule has 0 saturated heterocycles. The lowest BCUT2D eigenvalue weighted by Crippen LogP contribution is -2.55. The Hall–Kier alpha value is -0.290. The summed E-state index contributed by atoms with van der Waals surface area (Å²) in [5.41, 5.74) is -1.02. The summed E-state index contributed by atoms with van der Waals surface area (Å²) in [5, 5.41) is 36.6. The highest BCUT2D eigenvalue weighted by Gasteiger charge is 2.35. The molecular formula is C10H23NO7S. The summed E-state index contributed by atoms with van der Waals surface area (Å²) in [6.07, 6.45) is 0.241. The number of nitrogens with zero attached hydrogens (tertiary/aromatic N) is 1. The van der Waals surface area contributed by atoms with Gasteiger partial charge in [0, 0.05) is 31.8 Å².